The van der Waals surface area contributed by atoms with Crippen molar-refractivity contribution in [1.29, 1.82) is 0 Å². The Morgan fingerprint density at radius 2 is 1.43 bits per heavy atom. The average molecular weight is 317 g/mol. The van der Waals surface area contributed by atoms with Gasteiger partial charge in [-0.05, 0) is 37.1 Å². The largest absolute Gasteiger partial charge is 0.326 e. The van der Waals surface area contributed by atoms with Gasteiger partial charge in [-0.25, -0.2) is 0 Å². The van der Waals surface area contributed by atoms with Gasteiger partial charge in [0.15, 0.2) is 0 Å². The van der Waals surface area contributed by atoms with E-state index in [4.69, 9.17) is 0 Å². The van der Waals surface area contributed by atoms with Crippen molar-refractivity contribution in [2.75, 3.05) is 17.2 Å². The van der Waals surface area contributed by atoms with Crippen LogP contribution in [0.1, 0.15) is 51.9 Å². The zero-order valence-electron chi connectivity index (χ0n) is 13.9. The van der Waals surface area contributed by atoms with E-state index in [0.29, 0.717) is 12.6 Å². The van der Waals surface area contributed by atoms with E-state index in [1.165, 1.54) is 51.9 Å². The normalized spacial score (nSPS) is 16.2. The predicted octanol–water partition coefficient (Wildman–Crippen LogP) is 3.29. The minimum Gasteiger partial charge on any atom is -0.326 e. The summed E-state index contributed by atoms with van der Waals surface area (Å²) in [5.41, 5.74) is 1.46. The molecule has 3 N–H and O–H groups in total. The molecule has 0 bridgehead atoms. The lowest BCUT2D eigenvalue weighted by molar-refractivity contribution is -0.116. The first-order chi connectivity index (χ1) is 11.1. The maximum Gasteiger partial charge on any atom is 0.238 e. The van der Waals surface area contributed by atoms with E-state index in [1.807, 2.05) is 0 Å². The van der Waals surface area contributed by atoms with Gasteiger partial charge in [-0.3, -0.25) is 9.59 Å². The highest BCUT2D eigenvalue weighted by atomic mass is 16.2. The van der Waals surface area contributed by atoms with Crippen LogP contribution in [0.2, 0.25) is 0 Å². The molecule has 126 valence electrons. The molecule has 5 heteroatoms. The fourth-order valence-electron chi connectivity index (χ4n) is 2.94. The number of hydrogen-bond donors (Lipinski definition) is 3. The average Bonchev–Trinajstić information content (AvgIpc) is 2.47. The Balaban J connectivity index is 1.74. The van der Waals surface area contributed by atoms with Gasteiger partial charge in [0.2, 0.25) is 11.8 Å². The molecule has 0 unspecified atom stereocenters. The van der Waals surface area contributed by atoms with Gasteiger partial charge in [0.1, 0.15) is 0 Å². The maximum absolute atomic E-state index is 12.0. The molecule has 0 saturated heterocycles. The van der Waals surface area contributed by atoms with Crippen LogP contribution in [-0.4, -0.2) is 24.4 Å². The summed E-state index contributed by atoms with van der Waals surface area (Å²) in [5, 5.41) is 8.95. The van der Waals surface area contributed by atoms with Crippen LogP contribution < -0.4 is 16.0 Å². The zero-order chi connectivity index (χ0) is 16.5. The quantitative estimate of drug-likeness (QED) is 0.780. The van der Waals surface area contributed by atoms with Gasteiger partial charge >= 0.3 is 0 Å². The molecule has 0 aromatic heterocycles. The van der Waals surface area contributed by atoms with Crippen LogP contribution in [-0.2, 0) is 9.59 Å². The molecule has 1 aromatic rings. The number of rotatable bonds is 5. The fraction of sp³-hybridized carbons (Fsp3) is 0.556. The van der Waals surface area contributed by atoms with E-state index >= 15 is 0 Å². The van der Waals surface area contributed by atoms with E-state index in [2.05, 4.69) is 16.0 Å². The zero-order valence-corrected chi connectivity index (χ0v) is 13.9. The number of benzene rings is 1. The molecule has 0 radical (unpaired) electrons. The number of nitrogens with one attached hydrogen (secondary N) is 3. The van der Waals surface area contributed by atoms with Crippen molar-refractivity contribution >= 4 is 23.2 Å². The van der Waals surface area contributed by atoms with Crippen molar-refractivity contribution in [1.82, 2.24) is 5.32 Å². The van der Waals surface area contributed by atoms with E-state index < -0.39 is 0 Å². The molecule has 0 heterocycles. The third kappa shape index (κ3) is 6.82. The van der Waals surface area contributed by atoms with Crippen LogP contribution in [0, 0.1) is 0 Å². The van der Waals surface area contributed by atoms with Crippen molar-refractivity contribution in [3.8, 4) is 0 Å². The molecule has 2 amide bonds. The Morgan fingerprint density at radius 1 is 0.913 bits per heavy atom. The predicted molar refractivity (Wildman–Crippen MR) is 93.5 cm³/mol. The first kappa shape index (κ1) is 17.5. The number of hydrogen-bond acceptors (Lipinski definition) is 3. The SMILES string of the molecule is CC(=O)Nc1ccc(NC(=O)CNC2CCCCCCC2)cc1. The molecule has 1 aliphatic carbocycles. The number of carbonyl (C=O) groups excluding carboxylic acids is 2. The van der Waals surface area contributed by atoms with Crippen molar-refractivity contribution in [2.45, 2.75) is 57.9 Å². The summed E-state index contributed by atoms with van der Waals surface area (Å²) in [5.74, 6) is -0.135. The molecule has 1 aliphatic rings. The number of carbonyl (C=O) groups is 2. The lowest BCUT2D eigenvalue weighted by Gasteiger charge is -2.20. The minimum atomic E-state index is -0.106. The number of anilines is 2. The first-order valence-corrected chi connectivity index (χ1v) is 8.54. The van der Waals surface area contributed by atoms with Gasteiger partial charge in [0, 0.05) is 24.3 Å². The molecule has 1 fully saturated rings. The van der Waals surface area contributed by atoms with Crippen molar-refractivity contribution in [3.63, 3.8) is 0 Å². The second-order valence-electron chi connectivity index (χ2n) is 6.23. The van der Waals surface area contributed by atoms with Crippen LogP contribution in [0.5, 0.6) is 0 Å². The van der Waals surface area contributed by atoms with E-state index in [0.717, 1.165) is 11.4 Å². The molecule has 5 nitrogen and oxygen atoms in total. The third-order valence-electron chi connectivity index (χ3n) is 4.15. The summed E-state index contributed by atoms with van der Waals surface area (Å²) in [7, 11) is 0. The second kappa shape index (κ2) is 9.30. The summed E-state index contributed by atoms with van der Waals surface area (Å²) >= 11 is 0. The summed E-state index contributed by atoms with van der Waals surface area (Å²) in [6, 6.07) is 7.60. The monoisotopic (exact) mass is 317 g/mol. The van der Waals surface area contributed by atoms with Gasteiger partial charge in [-0.2, -0.15) is 0 Å². The Bertz CT molecular complexity index is 506. The second-order valence-corrected chi connectivity index (χ2v) is 6.23. The molecule has 0 atom stereocenters. The molecular formula is C18H27N3O2. The van der Waals surface area contributed by atoms with Crippen LogP contribution >= 0.6 is 0 Å². The molecule has 0 spiro atoms. The Kier molecular flexibility index (Phi) is 7.07. The van der Waals surface area contributed by atoms with Crippen molar-refractivity contribution in [3.05, 3.63) is 24.3 Å². The third-order valence-corrected chi connectivity index (χ3v) is 4.15. The standard InChI is InChI=1S/C18H27N3O2/c1-14(22)20-16-9-11-17(12-10-16)21-18(23)13-19-15-7-5-3-2-4-6-8-15/h9-12,15,19H,2-8,13H2,1H3,(H,20,22)(H,21,23). The molecule has 0 aliphatic heterocycles. The van der Waals surface area contributed by atoms with Crippen LogP contribution in [0.25, 0.3) is 0 Å². The van der Waals surface area contributed by atoms with Gasteiger partial charge < -0.3 is 16.0 Å². The van der Waals surface area contributed by atoms with Crippen LogP contribution in [0.4, 0.5) is 11.4 Å². The van der Waals surface area contributed by atoms with Crippen molar-refractivity contribution in [2.24, 2.45) is 0 Å². The van der Waals surface area contributed by atoms with Gasteiger partial charge in [0.25, 0.3) is 0 Å². The topological polar surface area (TPSA) is 70.2 Å². The Morgan fingerprint density at radius 3 is 2.00 bits per heavy atom. The summed E-state index contributed by atoms with van der Waals surface area (Å²) in [4.78, 5) is 23.0. The van der Waals surface area contributed by atoms with E-state index in [1.54, 1.807) is 24.3 Å². The maximum atomic E-state index is 12.0. The highest BCUT2D eigenvalue weighted by molar-refractivity contribution is 5.93. The number of amides is 2. The van der Waals surface area contributed by atoms with Gasteiger partial charge in [0.05, 0.1) is 6.54 Å². The van der Waals surface area contributed by atoms with Crippen LogP contribution in [0.3, 0.4) is 0 Å². The van der Waals surface area contributed by atoms with E-state index in [9.17, 15) is 9.59 Å². The van der Waals surface area contributed by atoms with Gasteiger partial charge in [-0.1, -0.05) is 32.1 Å². The minimum absolute atomic E-state index is 0.0284. The smallest absolute Gasteiger partial charge is 0.238 e. The Labute approximate surface area is 138 Å². The van der Waals surface area contributed by atoms with Crippen LogP contribution in [0.15, 0.2) is 24.3 Å². The lowest BCUT2D eigenvalue weighted by Crippen LogP contribution is -2.36. The summed E-state index contributed by atoms with van der Waals surface area (Å²) < 4.78 is 0. The summed E-state index contributed by atoms with van der Waals surface area (Å²) in [6.07, 6.45) is 8.81. The molecule has 1 saturated carbocycles. The molecule has 23 heavy (non-hydrogen) atoms. The molecule has 1 aromatic carbocycles. The van der Waals surface area contributed by atoms with Gasteiger partial charge in [-0.15, -0.1) is 0 Å². The lowest BCUT2D eigenvalue weighted by atomic mass is 9.97. The van der Waals surface area contributed by atoms with Crippen molar-refractivity contribution < 1.29 is 9.59 Å². The molecular weight excluding hydrogens is 290 g/mol. The fourth-order valence-corrected chi connectivity index (χ4v) is 2.94. The highest BCUT2D eigenvalue weighted by Gasteiger charge is 2.12. The van der Waals surface area contributed by atoms with E-state index in [-0.39, 0.29) is 11.8 Å². The molecule has 2 rings (SSSR count). The Hall–Kier alpha value is -1.88. The first-order valence-electron chi connectivity index (χ1n) is 8.54. The summed E-state index contributed by atoms with van der Waals surface area (Å²) in [6.45, 7) is 1.81. The highest BCUT2D eigenvalue weighted by Crippen LogP contribution is 2.17.